The predicted molar refractivity (Wildman–Crippen MR) is 104 cm³/mol. The van der Waals surface area contributed by atoms with Crippen LogP contribution >= 0.6 is 0 Å². The number of pyridine rings is 1. The maximum atomic E-state index is 4.85. The maximum absolute atomic E-state index is 4.85. The minimum absolute atomic E-state index is 0.712. The van der Waals surface area contributed by atoms with Gasteiger partial charge < -0.3 is 20.0 Å². The number of rotatable bonds is 5. The number of likely N-dealkylation sites (N-methyl/N-ethyl adjacent to an activating group) is 1. The van der Waals surface area contributed by atoms with Crippen molar-refractivity contribution in [2.75, 3.05) is 57.3 Å². The third kappa shape index (κ3) is 4.84. The molecule has 3 rings (SSSR count). The zero-order chi connectivity index (χ0) is 17.5. The molecule has 1 aromatic heterocycles. The number of aliphatic imine (C=N–C) groups is 1. The van der Waals surface area contributed by atoms with Gasteiger partial charge in [0, 0.05) is 52.0 Å². The molecule has 6 nitrogen and oxygen atoms in total. The Hall–Kier alpha value is -1.82. The second-order valence-electron chi connectivity index (χ2n) is 6.81. The molecule has 0 saturated carbocycles. The minimum Gasteiger partial charge on any atom is -0.357 e. The molecule has 3 heterocycles. The van der Waals surface area contributed by atoms with E-state index in [0.29, 0.717) is 6.54 Å². The molecule has 2 saturated heterocycles. The van der Waals surface area contributed by atoms with Crippen molar-refractivity contribution in [2.45, 2.75) is 33.2 Å². The van der Waals surface area contributed by atoms with Gasteiger partial charge in [0.05, 0.1) is 6.54 Å². The zero-order valence-corrected chi connectivity index (χ0v) is 15.7. The molecule has 0 bridgehead atoms. The van der Waals surface area contributed by atoms with E-state index in [0.717, 1.165) is 64.1 Å². The van der Waals surface area contributed by atoms with E-state index >= 15 is 0 Å². The van der Waals surface area contributed by atoms with E-state index in [4.69, 9.17) is 4.99 Å². The Balaban J connectivity index is 1.63. The van der Waals surface area contributed by atoms with Crippen LogP contribution < -0.4 is 10.2 Å². The van der Waals surface area contributed by atoms with Crippen LogP contribution in [0.3, 0.4) is 0 Å². The van der Waals surface area contributed by atoms with Crippen LogP contribution in [0.25, 0.3) is 0 Å². The molecule has 2 fully saturated rings. The predicted octanol–water partition coefficient (Wildman–Crippen LogP) is 1.78. The highest BCUT2D eigenvalue weighted by molar-refractivity contribution is 5.80. The van der Waals surface area contributed by atoms with Crippen LogP contribution in [0.15, 0.2) is 23.3 Å². The van der Waals surface area contributed by atoms with Crippen molar-refractivity contribution in [1.29, 1.82) is 0 Å². The number of anilines is 1. The van der Waals surface area contributed by atoms with Crippen molar-refractivity contribution >= 4 is 11.8 Å². The first-order valence-electron chi connectivity index (χ1n) is 9.75. The molecule has 0 atom stereocenters. The molecule has 1 aromatic rings. The molecule has 2 aliphatic heterocycles. The number of nitrogens with one attached hydrogen (secondary N) is 1. The molecule has 6 heteroatoms. The smallest absolute Gasteiger partial charge is 0.194 e. The van der Waals surface area contributed by atoms with Gasteiger partial charge in [-0.15, -0.1) is 0 Å². The molecular formula is C19H32N6. The number of hydrogen-bond donors (Lipinski definition) is 1. The fourth-order valence-corrected chi connectivity index (χ4v) is 3.55. The molecule has 138 valence electrons. The standard InChI is InChI=1S/C19H32N6/c1-3-20-19(25-9-5-6-10-25)22-16-17-7-8-21-18(15-17)24-13-11-23(4-2)12-14-24/h7-8,15H,3-6,9-14,16H2,1-2H3,(H,20,22). The Bertz CT molecular complexity index is 559. The van der Waals surface area contributed by atoms with Gasteiger partial charge in [0.1, 0.15) is 5.82 Å². The number of hydrogen-bond acceptors (Lipinski definition) is 4. The average Bonchev–Trinajstić information content (AvgIpc) is 3.20. The quantitative estimate of drug-likeness (QED) is 0.652. The lowest BCUT2D eigenvalue weighted by molar-refractivity contribution is 0.270. The summed E-state index contributed by atoms with van der Waals surface area (Å²) in [5.74, 6) is 2.14. The summed E-state index contributed by atoms with van der Waals surface area (Å²) in [5, 5.41) is 3.43. The van der Waals surface area contributed by atoms with Gasteiger partial charge in [0.15, 0.2) is 5.96 Å². The second kappa shape index (κ2) is 9.04. The van der Waals surface area contributed by atoms with Gasteiger partial charge in [-0.1, -0.05) is 6.92 Å². The summed E-state index contributed by atoms with van der Waals surface area (Å²) in [6.07, 6.45) is 4.47. The van der Waals surface area contributed by atoms with Crippen LogP contribution in [-0.2, 0) is 6.54 Å². The molecule has 25 heavy (non-hydrogen) atoms. The van der Waals surface area contributed by atoms with Gasteiger partial charge in [-0.25, -0.2) is 9.98 Å². The van der Waals surface area contributed by atoms with Crippen LogP contribution in [0, 0.1) is 0 Å². The van der Waals surface area contributed by atoms with E-state index in [-0.39, 0.29) is 0 Å². The molecule has 0 unspecified atom stereocenters. The molecule has 0 radical (unpaired) electrons. The number of nitrogens with zero attached hydrogens (tertiary/aromatic N) is 5. The molecule has 1 N–H and O–H groups in total. The first-order chi connectivity index (χ1) is 12.3. The number of piperazine rings is 1. The summed E-state index contributed by atoms with van der Waals surface area (Å²) < 4.78 is 0. The summed E-state index contributed by atoms with van der Waals surface area (Å²) in [5.41, 5.74) is 1.23. The third-order valence-electron chi connectivity index (χ3n) is 5.11. The lowest BCUT2D eigenvalue weighted by Gasteiger charge is -2.34. The van der Waals surface area contributed by atoms with Crippen LogP contribution in [0.2, 0.25) is 0 Å². The van der Waals surface area contributed by atoms with Crippen LogP contribution in [0.5, 0.6) is 0 Å². The highest BCUT2D eigenvalue weighted by Gasteiger charge is 2.17. The molecule has 0 spiro atoms. The maximum Gasteiger partial charge on any atom is 0.194 e. The lowest BCUT2D eigenvalue weighted by Crippen LogP contribution is -2.46. The molecule has 2 aliphatic rings. The van der Waals surface area contributed by atoms with Gasteiger partial charge in [-0.2, -0.15) is 0 Å². The Kier molecular flexibility index (Phi) is 6.50. The van der Waals surface area contributed by atoms with Crippen molar-refractivity contribution in [3.8, 4) is 0 Å². The normalized spacial score (nSPS) is 19.5. The molecule has 0 amide bonds. The van der Waals surface area contributed by atoms with E-state index in [1.54, 1.807) is 0 Å². The first kappa shape index (κ1) is 18.0. The Labute approximate surface area is 151 Å². The average molecular weight is 345 g/mol. The minimum atomic E-state index is 0.712. The third-order valence-corrected chi connectivity index (χ3v) is 5.11. The SMILES string of the molecule is CCNC(=NCc1ccnc(N2CCN(CC)CC2)c1)N1CCCC1. The first-order valence-corrected chi connectivity index (χ1v) is 9.75. The number of guanidine groups is 1. The second-order valence-corrected chi connectivity index (χ2v) is 6.81. The van der Waals surface area contributed by atoms with E-state index in [1.165, 1.54) is 18.4 Å². The zero-order valence-electron chi connectivity index (χ0n) is 15.7. The Morgan fingerprint density at radius 2 is 1.88 bits per heavy atom. The van der Waals surface area contributed by atoms with Gasteiger partial charge in [-0.3, -0.25) is 0 Å². The highest BCUT2D eigenvalue weighted by Crippen LogP contribution is 2.16. The van der Waals surface area contributed by atoms with Crippen molar-refractivity contribution < 1.29 is 0 Å². The van der Waals surface area contributed by atoms with E-state index < -0.39 is 0 Å². The summed E-state index contributed by atoms with van der Waals surface area (Å²) in [4.78, 5) is 16.7. The van der Waals surface area contributed by atoms with Crippen LogP contribution in [0.4, 0.5) is 5.82 Å². The Morgan fingerprint density at radius 3 is 2.56 bits per heavy atom. The Morgan fingerprint density at radius 1 is 1.12 bits per heavy atom. The summed E-state index contributed by atoms with van der Waals surface area (Å²) in [6, 6.07) is 4.29. The van der Waals surface area contributed by atoms with E-state index in [1.807, 2.05) is 6.20 Å². The number of likely N-dealkylation sites (tertiary alicyclic amines) is 1. The van der Waals surface area contributed by atoms with Crippen LogP contribution in [-0.4, -0.2) is 73.1 Å². The summed E-state index contributed by atoms with van der Waals surface area (Å²) in [6.45, 7) is 13.7. The molecular weight excluding hydrogens is 312 g/mol. The van der Waals surface area contributed by atoms with Crippen molar-refractivity contribution in [3.05, 3.63) is 23.9 Å². The van der Waals surface area contributed by atoms with Crippen molar-refractivity contribution in [1.82, 2.24) is 20.1 Å². The fourth-order valence-electron chi connectivity index (χ4n) is 3.55. The van der Waals surface area contributed by atoms with E-state index in [2.05, 4.69) is 51.0 Å². The monoisotopic (exact) mass is 344 g/mol. The molecule has 0 aliphatic carbocycles. The summed E-state index contributed by atoms with van der Waals surface area (Å²) >= 11 is 0. The molecule has 0 aromatic carbocycles. The highest BCUT2D eigenvalue weighted by atomic mass is 15.3. The number of aromatic nitrogens is 1. The fraction of sp³-hybridized carbons (Fsp3) is 0.684. The largest absolute Gasteiger partial charge is 0.357 e. The lowest BCUT2D eigenvalue weighted by atomic mass is 10.2. The van der Waals surface area contributed by atoms with Gasteiger partial charge in [0.2, 0.25) is 0 Å². The topological polar surface area (TPSA) is 47.0 Å². The van der Waals surface area contributed by atoms with Crippen molar-refractivity contribution in [3.63, 3.8) is 0 Å². The summed E-state index contributed by atoms with van der Waals surface area (Å²) in [7, 11) is 0. The van der Waals surface area contributed by atoms with Gasteiger partial charge in [0.25, 0.3) is 0 Å². The van der Waals surface area contributed by atoms with Crippen LogP contribution in [0.1, 0.15) is 32.3 Å². The van der Waals surface area contributed by atoms with E-state index in [9.17, 15) is 0 Å². The van der Waals surface area contributed by atoms with Gasteiger partial charge >= 0.3 is 0 Å². The van der Waals surface area contributed by atoms with Crippen molar-refractivity contribution in [2.24, 2.45) is 4.99 Å². The van der Waals surface area contributed by atoms with Gasteiger partial charge in [-0.05, 0) is 44.0 Å².